The summed E-state index contributed by atoms with van der Waals surface area (Å²) < 4.78 is 7.05. The molecule has 156 valence electrons. The first-order valence-corrected chi connectivity index (χ1v) is 9.35. The van der Waals surface area contributed by atoms with Crippen LogP contribution in [-0.2, 0) is 13.6 Å². The second-order valence-corrected chi connectivity index (χ2v) is 6.81. The van der Waals surface area contributed by atoms with Gasteiger partial charge in [0.1, 0.15) is 0 Å². The predicted molar refractivity (Wildman–Crippen MR) is 111 cm³/mol. The maximum absolute atomic E-state index is 12.7. The van der Waals surface area contributed by atoms with E-state index in [2.05, 4.69) is 15.2 Å². The molecule has 4 aromatic rings. The highest BCUT2D eigenvalue weighted by atomic mass is 16.5. The van der Waals surface area contributed by atoms with E-state index >= 15 is 0 Å². The van der Waals surface area contributed by atoms with E-state index in [9.17, 15) is 14.4 Å². The van der Waals surface area contributed by atoms with E-state index < -0.39 is 17.2 Å². The Morgan fingerprint density at radius 2 is 1.68 bits per heavy atom. The van der Waals surface area contributed by atoms with Crippen LogP contribution >= 0.6 is 0 Å². The van der Waals surface area contributed by atoms with Crippen molar-refractivity contribution in [1.82, 2.24) is 29.4 Å². The third-order valence-electron chi connectivity index (χ3n) is 4.61. The van der Waals surface area contributed by atoms with Crippen LogP contribution < -0.4 is 11.2 Å². The Morgan fingerprint density at radius 1 is 1.03 bits per heavy atom. The Kier molecular flexibility index (Phi) is 5.27. The SMILES string of the molecule is CN(Cc1ccccc1)C(=O)c1nc(-c2nn(-c3ccccc3)c(=O)n(C)c2=O)no1. The molecule has 2 aromatic heterocycles. The maximum Gasteiger partial charge on any atom is 0.351 e. The molecule has 2 heterocycles. The van der Waals surface area contributed by atoms with Crippen LogP contribution in [0.25, 0.3) is 17.2 Å². The summed E-state index contributed by atoms with van der Waals surface area (Å²) in [6, 6.07) is 18.0. The number of hydrogen-bond donors (Lipinski definition) is 0. The molecule has 0 aliphatic heterocycles. The zero-order valence-electron chi connectivity index (χ0n) is 16.8. The fourth-order valence-electron chi connectivity index (χ4n) is 2.95. The molecule has 0 atom stereocenters. The second-order valence-electron chi connectivity index (χ2n) is 6.81. The summed E-state index contributed by atoms with van der Waals surface area (Å²) in [6.07, 6.45) is 0. The van der Waals surface area contributed by atoms with E-state index in [1.165, 1.54) is 11.9 Å². The molecule has 0 aliphatic rings. The number of amides is 1. The van der Waals surface area contributed by atoms with Crippen LogP contribution in [0.4, 0.5) is 0 Å². The minimum Gasteiger partial charge on any atom is -0.333 e. The van der Waals surface area contributed by atoms with Gasteiger partial charge < -0.3 is 9.42 Å². The summed E-state index contributed by atoms with van der Waals surface area (Å²) in [6.45, 7) is 0.344. The van der Waals surface area contributed by atoms with Gasteiger partial charge in [-0.15, -0.1) is 0 Å². The predicted octanol–water partition coefficient (Wildman–Crippen LogP) is 1.25. The summed E-state index contributed by atoms with van der Waals surface area (Å²) in [5.74, 6) is -0.965. The molecule has 0 unspecified atom stereocenters. The maximum atomic E-state index is 12.7. The standard InChI is InChI=1S/C21H18N6O4/c1-25(13-14-9-5-3-6-10-14)20(29)18-22-17(24-31-18)16-19(28)26(2)21(30)27(23-16)15-11-7-4-8-12-15/h3-12H,13H2,1-2H3. The van der Waals surface area contributed by atoms with Crippen molar-refractivity contribution in [2.24, 2.45) is 7.05 Å². The molecule has 10 heteroatoms. The van der Waals surface area contributed by atoms with Gasteiger partial charge in [0.2, 0.25) is 5.82 Å². The van der Waals surface area contributed by atoms with Crippen LogP contribution in [0.2, 0.25) is 0 Å². The fourth-order valence-corrected chi connectivity index (χ4v) is 2.95. The molecule has 0 radical (unpaired) electrons. The van der Waals surface area contributed by atoms with Crippen molar-refractivity contribution in [3.8, 4) is 17.2 Å². The molecule has 0 bridgehead atoms. The third-order valence-corrected chi connectivity index (χ3v) is 4.61. The molecule has 0 spiro atoms. The fraction of sp³-hybridized carbons (Fsp3) is 0.143. The molecule has 0 fully saturated rings. The lowest BCUT2D eigenvalue weighted by atomic mass is 10.2. The second kappa shape index (κ2) is 8.19. The highest BCUT2D eigenvalue weighted by molar-refractivity contribution is 5.89. The summed E-state index contributed by atoms with van der Waals surface area (Å²) >= 11 is 0. The Morgan fingerprint density at radius 3 is 2.35 bits per heavy atom. The van der Waals surface area contributed by atoms with Crippen molar-refractivity contribution in [1.29, 1.82) is 0 Å². The molecule has 4 rings (SSSR count). The molecule has 10 nitrogen and oxygen atoms in total. The van der Waals surface area contributed by atoms with Crippen molar-refractivity contribution in [2.45, 2.75) is 6.54 Å². The van der Waals surface area contributed by atoms with Gasteiger partial charge >= 0.3 is 17.5 Å². The first-order chi connectivity index (χ1) is 15.0. The van der Waals surface area contributed by atoms with E-state index in [1.807, 2.05) is 30.3 Å². The molecule has 0 saturated carbocycles. The van der Waals surface area contributed by atoms with Crippen molar-refractivity contribution in [2.75, 3.05) is 7.05 Å². The minimum absolute atomic E-state index is 0.179. The number of para-hydroxylation sites is 1. The summed E-state index contributed by atoms with van der Waals surface area (Å²) in [4.78, 5) is 43.2. The molecular weight excluding hydrogens is 400 g/mol. The van der Waals surface area contributed by atoms with Gasteiger partial charge in [0.25, 0.3) is 5.56 Å². The van der Waals surface area contributed by atoms with E-state index in [-0.39, 0.29) is 17.4 Å². The van der Waals surface area contributed by atoms with Crippen molar-refractivity contribution >= 4 is 5.91 Å². The van der Waals surface area contributed by atoms with E-state index in [1.54, 1.807) is 37.4 Å². The number of nitrogens with zero attached hydrogens (tertiary/aromatic N) is 6. The van der Waals surface area contributed by atoms with Gasteiger partial charge in [0, 0.05) is 20.6 Å². The zero-order chi connectivity index (χ0) is 22.0. The third kappa shape index (κ3) is 3.90. The lowest BCUT2D eigenvalue weighted by molar-refractivity contribution is 0.0735. The van der Waals surface area contributed by atoms with Gasteiger partial charge in [-0.25, -0.2) is 4.79 Å². The van der Waals surface area contributed by atoms with Crippen LogP contribution in [0.1, 0.15) is 16.2 Å². The first kappa shape index (κ1) is 20.0. The largest absolute Gasteiger partial charge is 0.351 e. The molecule has 2 aromatic carbocycles. The normalized spacial score (nSPS) is 10.8. The first-order valence-electron chi connectivity index (χ1n) is 9.35. The van der Waals surface area contributed by atoms with E-state index in [0.29, 0.717) is 12.2 Å². The molecule has 0 saturated heterocycles. The van der Waals surface area contributed by atoms with Crippen LogP contribution in [0.5, 0.6) is 0 Å². The molecule has 31 heavy (non-hydrogen) atoms. The molecule has 0 aliphatic carbocycles. The van der Waals surface area contributed by atoms with Crippen LogP contribution in [-0.4, -0.2) is 42.3 Å². The van der Waals surface area contributed by atoms with Gasteiger partial charge in [-0.3, -0.25) is 14.2 Å². The Balaban J connectivity index is 1.67. The Labute approximate surface area is 176 Å². The van der Waals surface area contributed by atoms with E-state index in [0.717, 1.165) is 14.8 Å². The van der Waals surface area contributed by atoms with Crippen LogP contribution in [0, 0.1) is 0 Å². The van der Waals surface area contributed by atoms with Crippen LogP contribution in [0.15, 0.2) is 74.8 Å². The van der Waals surface area contributed by atoms with Gasteiger partial charge in [-0.2, -0.15) is 14.8 Å². The van der Waals surface area contributed by atoms with Gasteiger partial charge in [0.05, 0.1) is 5.69 Å². The Hall–Kier alpha value is -4.34. The van der Waals surface area contributed by atoms with Crippen molar-refractivity contribution < 1.29 is 9.32 Å². The minimum atomic E-state index is -0.699. The van der Waals surface area contributed by atoms with Gasteiger partial charge in [-0.05, 0) is 17.7 Å². The van der Waals surface area contributed by atoms with Gasteiger partial charge in [-0.1, -0.05) is 53.7 Å². The highest BCUT2D eigenvalue weighted by Gasteiger charge is 2.23. The van der Waals surface area contributed by atoms with Gasteiger partial charge in [0.15, 0.2) is 5.69 Å². The summed E-state index contributed by atoms with van der Waals surface area (Å²) in [5, 5.41) is 7.86. The molecule has 0 N–H and O–H groups in total. The lowest BCUT2D eigenvalue weighted by Crippen LogP contribution is -2.40. The number of benzene rings is 2. The molecule has 1 amide bonds. The summed E-state index contributed by atoms with van der Waals surface area (Å²) in [5.41, 5.74) is -0.133. The quantitative estimate of drug-likeness (QED) is 0.479. The zero-order valence-corrected chi connectivity index (χ0v) is 16.8. The monoisotopic (exact) mass is 418 g/mol. The highest BCUT2D eigenvalue weighted by Crippen LogP contribution is 2.12. The van der Waals surface area contributed by atoms with Crippen molar-refractivity contribution in [3.63, 3.8) is 0 Å². The van der Waals surface area contributed by atoms with Crippen LogP contribution in [0.3, 0.4) is 0 Å². The average Bonchev–Trinajstić information content (AvgIpc) is 3.28. The number of rotatable bonds is 5. The smallest absolute Gasteiger partial charge is 0.333 e. The topological polar surface area (TPSA) is 116 Å². The van der Waals surface area contributed by atoms with E-state index in [4.69, 9.17) is 4.52 Å². The number of carbonyl (C=O) groups is 1. The average molecular weight is 418 g/mol. The number of aromatic nitrogens is 5. The summed E-state index contributed by atoms with van der Waals surface area (Å²) in [7, 11) is 2.93. The number of hydrogen-bond acceptors (Lipinski definition) is 7. The lowest BCUT2D eigenvalue weighted by Gasteiger charge is -2.14. The molecular formula is C21H18N6O4. The Bertz CT molecular complexity index is 1340. The van der Waals surface area contributed by atoms with Crippen molar-refractivity contribution in [3.05, 3.63) is 93.0 Å². The number of carbonyl (C=O) groups excluding carboxylic acids is 1.